The first kappa shape index (κ1) is 10.6. The Bertz CT molecular complexity index is 614. The van der Waals surface area contributed by atoms with E-state index in [1.807, 2.05) is 25.1 Å². The Hall–Kier alpha value is -2.50. The van der Waals surface area contributed by atoms with Crippen molar-refractivity contribution in [1.29, 1.82) is 0 Å². The third kappa shape index (κ3) is 1.58. The fourth-order valence-electron chi connectivity index (χ4n) is 2.05. The van der Waals surface area contributed by atoms with Crippen molar-refractivity contribution in [3.8, 4) is 16.9 Å². The number of nitrogens with zero attached hydrogens (tertiary/aromatic N) is 1. The number of carbonyl (C=O) groups is 1. The summed E-state index contributed by atoms with van der Waals surface area (Å²) in [6.45, 7) is 1.95. The summed E-state index contributed by atoms with van der Waals surface area (Å²) in [6, 6.07) is 5.54. The van der Waals surface area contributed by atoms with Gasteiger partial charge in [0.25, 0.3) is 5.91 Å². The lowest BCUT2D eigenvalue weighted by molar-refractivity contribution is -0.118. The van der Waals surface area contributed by atoms with Crippen LogP contribution in [0.2, 0.25) is 0 Å². The second kappa shape index (κ2) is 3.76. The Morgan fingerprint density at radius 1 is 1.44 bits per heavy atom. The molecular formula is C12H12N4O2. The predicted octanol–water partition coefficient (Wildman–Crippen LogP) is 1.30. The van der Waals surface area contributed by atoms with Crippen LogP contribution in [0.4, 0.5) is 11.5 Å². The molecular weight excluding hydrogens is 232 g/mol. The number of amides is 1. The highest BCUT2D eigenvalue weighted by molar-refractivity contribution is 5.96. The molecule has 0 saturated heterocycles. The zero-order chi connectivity index (χ0) is 12.7. The minimum absolute atomic E-state index is 0.0548. The minimum atomic E-state index is -0.156. The summed E-state index contributed by atoms with van der Waals surface area (Å²) in [4.78, 5) is 11.3. The van der Waals surface area contributed by atoms with Crippen molar-refractivity contribution in [3.05, 3.63) is 23.9 Å². The molecule has 2 heterocycles. The van der Waals surface area contributed by atoms with Gasteiger partial charge in [0.15, 0.2) is 12.4 Å². The zero-order valence-corrected chi connectivity index (χ0v) is 9.78. The van der Waals surface area contributed by atoms with Gasteiger partial charge in [-0.2, -0.15) is 5.10 Å². The molecule has 18 heavy (non-hydrogen) atoms. The van der Waals surface area contributed by atoms with Crippen molar-refractivity contribution in [2.75, 3.05) is 17.7 Å². The maximum atomic E-state index is 11.3. The number of nitrogens with one attached hydrogen (secondary N) is 2. The molecule has 6 nitrogen and oxygen atoms in total. The average molecular weight is 244 g/mol. The van der Waals surface area contributed by atoms with Gasteiger partial charge in [0.2, 0.25) is 0 Å². The number of benzene rings is 1. The highest BCUT2D eigenvalue weighted by Gasteiger charge is 2.18. The summed E-state index contributed by atoms with van der Waals surface area (Å²) in [5.41, 5.74) is 9.09. The van der Waals surface area contributed by atoms with E-state index in [4.69, 9.17) is 10.5 Å². The molecule has 0 aliphatic carbocycles. The van der Waals surface area contributed by atoms with Crippen LogP contribution in [0.5, 0.6) is 5.75 Å². The molecule has 6 heteroatoms. The smallest absolute Gasteiger partial charge is 0.262 e. The summed E-state index contributed by atoms with van der Waals surface area (Å²) in [6.07, 6.45) is 0. The number of nitrogens with two attached hydrogens (primary N) is 1. The lowest BCUT2D eigenvalue weighted by Gasteiger charge is -2.18. The Morgan fingerprint density at radius 2 is 2.28 bits per heavy atom. The number of rotatable bonds is 1. The fraction of sp³-hybridized carbons (Fsp3) is 0.167. The number of carbonyl (C=O) groups excluding carboxylic acids is 1. The second-order valence-electron chi connectivity index (χ2n) is 4.16. The monoisotopic (exact) mass is 244 g/mol. The van der Waals surface area contributed by atoms with Crippen LogP contribution in [-0.2, 0) is 4.79 Å². The zero-order valence-electron chi connectivity index (χ0n) is 9.78. The molecule has 1 amide bonds. The quantitative estimate of drug-likeness (QED) is 0.704. The number of aromatic amines is 1. The normalized spacial score (nSPS) is 13.7. The molecule has 0 saturated carbocycles. The summed E-state index contributed by atoms with van der Waals surface area (Å²) in [5, 5.41) is 9.55. The van der Waals surface area contributed by atoms with E-state index in [9.17, 15) is 4.79 Å². The molecule has 3 rings (SSSR count). The van der Waals surface area contributed by atoms with Gasteiger partial charge < -0.3 is 15.8 Å². The largest absolute Gasteiger partial charge is 0.482 e. The van der Waals surface area contributed by atoms with Gasteiger partial charge in [0.05, 0.1) is 5.69 Å². The summed E-state index contributed by atoms with van der Waals surface area (Å²) < 4.78 is 5.30. The first-order chi connectivity index (χ1) is 8.65. The van der Waals surface area contributed by atoms with Crippen molar-refractivity contribution >= 4 is 17.4 Å². The first-order valence-electron chi connectivity index (χ1n) is 5.52. The van der Waals surface area contributed by atoms with E-state index >= 15 is 0 Å². The van der Waals surface area contributed by atoms with E-state index < -0.39 is 0 Å². The van der Waals surface area contributed by atoms with Crippen LogP contribution in [0.25, 0.3) is 11.1 Å². The van der Waals surface area contributed by atoms with Gasteiger partial charge in [0.1, 0.15) is 5.75 Å². The molecule has 1 aliphatic rings. The number of aryl methyl sites for hydroxylation is 1. The molecule has 92 valence electrons. The van der Waals surface area contributed by atoms with Gasteiger partial charge in [-0.15, -0.1) is 0 Å². The van der Waals surface area contributed by atoms with Gasteiger partial charge in [-0.25, -0.2) is 0 Å². The maximum absolute atomic E-state index is 11.3. The van der Waals surface area contributed by atoms with Crippen LogP contribution < -0.4 is 15.8 Å². The number of nitrogen functional groups attached to an aromatic ring is 1. The Labute approximate surface area is 103 Å². The number of aromatic nitrogens is 2. The van der Waals surface area contributed by atoms with E-state index in [-0.39, 0.29) is 12.5 Å². The topological polar surface area (TPSA) is 93.0 Å². The molecule has 0 spiro atoms. The Balaban J connectivity index is 2.10. The van der Waals surface area contributed by atoms with Crippen molar-refractivity contribution in [2.45, 2.75) is 6.92 Å². The number of ether oxygens (including phenoxy) is 1. The standard InChI is InChI=1S/C12H12N4O2/c1-6-11(12(13)16-15-6)7-2-3-9-8(4-7)14-10(17)5-18-9/h2-4H,5H2,1H3,(H,14,17)(H3,13,15,16). The highest BCUT2D eigenvalue weighted by Crippen LogP contribution is 2.35. The number of anilines is 2. The molecule has 2 aromatic rings. The summed E-state index contributed by atoms with van der Waals surface area (Å²) in [5.74, 6) is 0.949. The van der Waals surface area contributed by atoms with Gasteiger partial charge in [-0.3, -0.25) is 9.89 Å². The lowest BCUT2D eigenvalue weighted by Crippen LogP contribution is -2.25. The number of H-pyrrole nitrogens is 1. The Kier molecular flexibility index (Phi) is 2.22. The molecule has 0 radical (unpaired) electrons. The molecule has 0 fully saturated rings. The first-order valence-corrected chi connectivity index (χ1v) is 5.52. The molecule has 1 aliphatic heterocycles. The van der Waals surface area contributed by atoms with E-state index in [1.54, 1.807) is 0 Å². The highest BCUT2D eigenvalue weighted by atomic mass is 16.5. The van der Waals surface area contributed by atoms with Crippen LogP contribution in [0, 0.1) is 6.92 Å². The van der Waals surface area contributed by atoms with Crippen molar-refractivity contribution < 1.29 is 9.53 Å². The van der Waals surface area contributed by atoms with Gasteiger partial charge in [0, 0.05) is 11.3 Å². The molecule has 0 atom stereocenters. The van der Waals surface area contributed by atoms with Gasteiger partial charge >= 0.3 is 0 Å². The third-order valence-corrected chi connectivity index (χ3v) is 2.88. The van der Waals surface area contributed by atoms with E-state index in [0.717, 1.165) is 16.8 Å². The van der Waals surface area contributed by atoms with Crippen molar-refractivity contribution in [2.24, 2.45) is 0 Å². The SMILES string of the molecule is Cc1[nH]nc(N)c1-c1ccc2c(c1)NC(=O)CO2. The number of hydrogen-bond acceptors (Lipinski definition) is 4. The second-order valence-corrected chi connectivity index (χ2v) is 4.16. The molecule has 1 aromatic heterocycles. The Morgan fingerprint density at radius 3 is 3.00 bits per heavy atom. The lowest BCUT2D eigenvalue weighted by atomic mass is 10.0. The van der Waals surface area contributed by atoms with Crippen LogP contribution in [0.3, 0.4) is 0 Å². The third-order valence-electron chi connectivity index (χ3n) is 2.88. The number of fused-ring (bicyclic) bond motifs is 1. The van der Waals surface area contributed by atoms with E-state index in [0.29, 0.717) is 17.3 Å². The van der Waals surface area contributed by atoms with E-state index in [1.165, 1.54) is 0 Å². The van der Waals surface area contributed by atoms with Gasteiger partial charge in [-0.05, 0) is 24.6 Å². The summed E-state index contributed by atoms with van der Waals surface area (Å²) >= 11 is 0. The van der Waals surface area contributed by atoms with Crippen molar-refractivity contribution in [3.63, 3.8) is 0 Å². The molecule has 0 unspecified atom stereocenters. The molecule has 4 N–H and O–H groups in total. The average Bonchev–Trinajstić information content (AvgIpc) is 2.68. The fourth-order valence-corrected chi connectivity index (χ4v) is 2.05. The van der Waals surface area contributed by atoms with Crippen LogP contribution in [0.1, 0.15) is 5.69 Å². The van der Waals surface area contributed by atoms with Crippen LogP contribution in [0.15, 0.2) is 18.2 Å². The van der Waals surface area contributed by atoms with E-state index in [2.05, 4.69) is 15.5 Å². The predicted molar refractivity (Wildman–Crippen MR) is 67.3 cm³/mol. The van der Waals surface area contributed by atoms with Crippen molar-refractivity contribution in [1.82, 2.24) is 10.2 Å². The minimum Gasteiger partial charge on any atom is -0.482 e. The molecule has 1 aromatic carbocycles. The van der Waals surface area contributed by atoms with Crippen LogP contribution >= 0.6 is 0 Å². The number of hydrogen-bond donors (Lipinski definition) is 3. The van der Waals surface area contributed by atoms with Crippen LogP contribution in [-0.4, -0.2) is 22.7 Å². The molecule has 0 bridgehead atoms. The summed E-state index contributed by atoms with van der Waals surface area (Å²) in [7, 11) is 0. The van der Waals surface area contributed by atoms with Gasteiger partial charge in [-0.1, -0.05) is 6.07 Å². The maximum Gasteiger partial charge on any atom is 0.262 e.